The standard InChI is InChI=1S/C43H37BrO2.C39H26Br2.C2H4O2.Na.H2O3P/c1-3-4-7-30-11-13-31(14-12-30)32-17-23-36(24-18-32)43(46)39-9-6-5-8-38(39)42(45,40-27-10-29(2)28-41(40)43)35-21-15-33(16-22-35)34-19-25-37(44)26-20-34;1-25-6-23-36-37(24-25)39(31-13-9-27(10-14-31)29-17-21-33(41)22-18-29)35-5-3-2-4-34(35)38(36)30-11-7-26(8-12-30)28-15-19-32(40)20-16-28;1-2(3)4;;1-3-4-2/h5-6,8-28,45-46H,3-4,7H2,1-2H3;2-24H,1H3;1H3,(H,3,4);;1-2H/q;;;+1;-1. The van der Waals surface area contributed by atoms with Crippen LogP contribution < -0.4 is 29.6 Å². The zero-order chi connectivity index (χ0) is 66.8. The minimum atomic E-state index is -1.45. The number of fused-ring (bicyclic) bond motifs is 4. The third-order valence-electron chi connectivity index (χ3n) is 17.5. The minimum absolute atomic E-state index is 0. The first-order valence-electron chi connectivity index (χ1n) is 31.3. The number of carbonyl (C=O) groups is 1. The van der Waals surface area contributed by atoms with Crippen LogP contribution in [0.15, 0.2) is 292 Å². The fourth-order valence-corrected chi connectivity index (χ4v) is 13.6. The number of unbranched alkanes of at least 4 members (excludes halogenated alkanes) is 1. The number of aliphatic carboxylic acids is 1. The van der Waals surface area contributed by atoms with E-state index in [0.717, 1.165) is 65.7 Å². The van der Waals surface area contributed by atoms with E-state index in [4.69, 9.17) is 20.1 Å². The molecular weight excluding hydrogens is 1410 g/mol. The molecule has 0 amide bonds. The quantitative estimate of drug-likeness (QED) is 0.0271. The van der Waals surface area contributed by atoms with Crippen molar-refractivity contribution in [2.45, 2.75) is 58.2 Å². The van der Waals surface area contributed by atoms with E-state index in [9.17, 15) is 10.2 Å². The van der Waals surface area contributed by atoms with E-state index < -0.39 is 26.2 Å². The van der Waals surface area contributed by atoms with Gasteiger partial charge in [-0.05, 0) is 190 Å². The molecule has 5 N–H and O–H groups in total. The molecule has 0 spiro atoms. The number of rotatable bonds is 12. The van der Waals surface area contributed by atoms with Crippen molar-refractivity contribution in [1.29, 1.82) is 0 Å². The van der Waals surface area contributed by atoms with Crippen LogP contribution in [0.3, 0.4) is 0 Å². The Morgan fingerprint density at radius 2 is 0.698 bits per heavy atom. The molecule has 0 bridgehead atoms. The van der Waals surface area contributed by atoms with E-state index in [1.54, 1.807) is 0 Å². The summed E-state index contributed by atoms with van der Waals surface area (Å²) >= 11 is 10.6. The van der Waals surface area contributed by atoms with Gasteiger partial charge in [0.1, 0.15) is 11.2 Å². The third-order valence-corrected chi connectivity index (χ3v) is 19.1. The maximum absolute atomic E-state index is 12.9. The summed E-state index contributed by atoms with van der Waals surface area (Å²) in [4.78, 5) is 16.4. The second kappa shape index (κ2) is 32.3. The SMILES string of the molecule is CC(=O)O.CCCCc1ccc(-c2ccc(C3(O)c4ccccc4C(O)(c4ccc(-c5ccc(Br)cc5)cc4)c4ccc(C)cc43)cc2)cc1.Cc1ccc2c(-c3ccc(-c4ccc(Br)cc4)cc3)c3ccccc3c(-c3ccc(-c4ccc(Br)cc4)cc3)c2c1.OO[P-]O.[Na+]. The van der Waals surface area contributed by atoms with Crippen molar-refractivity contribution < 1.29 is 64.5 Å². The Bertz CT molecular complexity index is 4800. The zero-order valence-electron chi connectivity index (χ0n) is 53.8. The van der Waals surface area contributed by atoms with Crippen molar-refractivity contribution in [1.82, 2.24) is 0 Å². The molecule has 7 nitrogen and oxygen atoms in total. The molecular formula is C84H69Br3NaO7P. The Hall–Kier alpha value is -7.48. The van der Waals surface area contributed by atoms with Crippen LogP contribution in [-0.2, 0) is 27.1 Å². The molecule has 13 aromatic rings. The monoisotopic (exact) mass is 1480 g/mol. The molecule has 0 aromatic heterocycles. The molecule has 0 aliphatic heterocycles. The number of carboxylic acids is 1. The summed E-state index contributed by atoms with van der Waals surface area (Å²) in [5.74, 6) is -0.833. The number of hydrogen-bond acceptors (Lipinski definition) is 6. The average Bonchev–Trinajstić information content (AvgIpc) is 0.696. The van der Waals surface area contributed by atoms with Gasteiger partial charge in [0.05, 0.1) is 0 Å². The summed E-state index contributed by atoms with van der Waals surface area (Å²) in [6.07, 6.45) is 3.48. The molecule has 13 aromatic carbocycles. The number of benzene rings is 13. The zero-order valence-corrected chi connectivity index (χ0v) is 61.5. The Labute approximate surface area is 610 Å². The van der Waals surface area contributed by atoms with Crippen LogP contribution >= 0.6 is 56.8 Å². The van der Waals surface area contributed by atoms with Crippen LogP contribution in [0.5, 0.6) is 0 Å². The van der Waals surface area contributed by atoms with Crippen molar-refractivity contribution in [2.24, 2.45) is 0 Å². The largest absolute Gasteiger partial charge is 1.00 e. The van der Waals surface area contributed by atoms with Crippen molar-refractivity contribution in [3.8, 4) is 66.8 Å². The Kier molecular flexibility index (Phi) is 24.0. The molecule has 12 heteroatoms. The molecule has 14 rings (SSSR count). The molecule has 0 radical (unpaired) electrons. The van der Waals surface area contributed by atoms with E-state index in [1.807, 2.05) is 85.8 Å². The smallest absolute Gasteiger partial charge is 0.539 e. The average molecular weight is 1480 g/mol. The van der Waals surface area contributed by atoms with Gasteiger partial charge in [-0.3, -0.25) is 10.1 Å². The number of aryl methyl sites for hydroxylation is 3. The first kappa shape index (κ1) is 71.3. The van der Waals surface area contributed by atoms with Gasteiger partial charge in [0.2, 0.25) is 0 Å². The predicted octanol–water partition coefficient (Wildman–Crippen LogP) is 20.1. The van der Waals surface area contributed by atoms with E-state index in [-0.39, 0.29) is 29.6 Å². The van der Waals surface area contributed by atoms with Gasteiger partial charge in [0.25, 0.3) is 5.97 Å². The van der Waals surface area contributed by atoms with Gasteiger partial charge >= 0.3 is 29.6 Å². The summed E-state index contributed by atoms with van der Waals surface area (Å²) in [6, 6.07) is 98.0. The van der Waals surface area contributed by atoms with Gasteiger partial charge in [0, 0.05) is 20.3 Å². The molecule has 1 aliphatic rings. The summed E-state index contributed by atoms with van der Waals surface area (Å²) in [5, 5.41) is 45.4. The van der Waals surface area contributed by atoms with E-state index in [1.165, 1.54) is 90.0 Å². The number of carboxylic acid groups (broad SMARTS) is 1. The summed E-state index contributed by atoms with van der Waals surface area (Å²) in [5.41, 5.74) is 19.3. The van der Waals surface area contributed by atoms with Gasteiger partial charge in [-0.15, -0.1) is 0 Å². The predicted molar refractivity (Wildman–Crippen MR) is 401 cm³/mol. The minimum Gasteiger partial charge on any atom is -0.539 e. The van der Waals surface area contributed by atoms with Gasteiger partial charge in [-0.2, -0.15) is 0 Å². The molecule has 96 heavy (non-hydrogen) atoms. The molecule has 0 fully saturated rings. The van der Waals surface area contributed by atoms with Crippen molar-refractivity contribution >= 4 is 84.3 Å². The first-order valence-corrected chi connectivity index (χ1v) is 34.4. The number of aliphatic hydroxyl groups is 2. The van der Waals surface area contributed by atoms with E-state index in [2.05, 4.69) is 267 Å². The third kappa shape index (κ3) is 15.6. The molecule has 0 saturated heterocycles. The van der Waals surface area contributed by atoms with Crippen molar-refractivity contribution in [3.63, 3.8) is 0 Å². The summed E-state index contributed by atoms with van der Waals surface area (Å²) < 4.78 is 6.29. The second-order valence-corrected chi connectivity index (χ2v) is 26.7. The van der Waals surface area contributed by atoms with Crippen LogP contribution in [0.25, 0.3) is 88.3 Å². The van der Waals surface area contributed by atoms with Gasteiger partial charge < -0.3 is 24.9 Å². The van der Waals surface area contributed by atoms with Gasteiger partial charge in [0.15, 0.2) is 0 Å². The first-order chi connectivity index (χ1) is 46.0. The second-order valence-electron chi connectivity index (χ2n) is 23.7. The summed E-state index contributed by atoms with van der Waals surface area (Å²) in [7, 11) is -0.446. The topological polar surface area (TPSA) is 127 Å². The van der Waals surface area contributed by atoms with Crippen LogP contribution in [0, 0.1) is 13.8 Å². The van der Waals surface area contributed by atoms with Crippen LogP contribution in [0.4, 0.5) is 0 Å². The fraction of sp³-hybridized carbons (Fsp3) is 0.107. The molecule has 2 unspecified atom stereocenters. The van der Waals surface area contributed by atoms with Crippen LogP contribution in [0.1, 0.15) is 76.8 Å². The van der Waals surface area contributed by atoms with Crippen molar-refractivity contribution in [2.75, 3.05) is 0 Å². The van der Waals surface area contributed by atoms with Crippen LogP contribution in [-0.4, -0.2) is 31.4 Å². The van der Waals surface area contributed by atoms with Crippen LogP contribution in [0.2, 0.25) is 0 Å². The molecule has 1 aliphatic carbocycles. The Morgan fingerprint density at radius 1 is 0.406 bits per heavy atom. The molecule has 474 valence electrons. The van der Waals surface area contributed by atoms with E-state index in [0.29, 0.717) is 22.3 Å². The molecule has 2 atom stereocenters. The summed E-state index contributed by atoms with van der Waals surface area (Å²) in [6.45, 7) is 7.51. The van der Waals surface area contributed by atoms with Gasteiger partial charge in [-0.25, -0.2) is 9.03 Å². The Morgan fingerprint density at radius 3 is 1.08 bits per heavy atom. The maximum atomic E-state index is 12.9. The maximum Gasteiger partial charge on any atom is 1.00 e. The number of halogens is 3. The van der Waals surface area contributed by atoms with E-state index >= 15 is 0 Å². The normalized spacial score (nSPS) is 14.4. The molecule has 0 heterocycles. The number of hydrogen-bond donors (Lipinski definition) is 5. The van der Waals surface area contributed by atoms with Gasteiger partial charge in [-0.1, -0.05) is 315 Å². The van der Waals surface area contributed by atoms with Crippen molar-refractivity contribution in [3.05, 3.63) is 343 Å². The molecule has 0 saturated carbocycles. The Balaban J connectivity index is 0.000000187. The fourth-order valence-electron chi connectivity index (χ4n) is 12.9.